The summed E-state index contributed by atoms with van der Waals surface area (Å²) in [4.78, 5) is 0. The van der Waals surface area contributed by atoms with Gasteiger partial charge >= 0.3 is 0 Å². The van der Waals surface area contributed by atoms with Crippen LogP contribution < -0.4 is 10.1 Å². The highest BCUT2D eigenvalue weighted by Gasteiger charge is 2.13. The van der Waals surface area contributed by atoms with E-state index in [9.17, 15) is 0 Å². The lowest BCUT2D eigenvalue weighted by Crippen LogP contribution is -2.10. The highest BCUT2D eigenvalue weighted by molar-refractivity contribution is 6.33. The molecule has 0 aliphatic rings. The summed E-state index contributed by atoms with van der Waals surface area (Å²) >= 11 is 6.27. The normalized spacial score (nSPS) is 12.1. The molecule has 3 heteroatoms. The Balaban J connectivity index is 2.32. The van der Waals surface area contributed by atoms with Gasteiger partial charge in [-0.15, -0.1) is 0 Å². The maximum absolute atomic E-state index is 6.27. The lowest BCUT2D eigenvalue weighted by molar-refractivity contribution is 0.415. The Morgan fingerprint density at radius 3 is 2.24 bits per heavy atom. The van der Waals surface area contributed by atoms with E-state index >= 15 is 0 Å². The van der Waals surface area contributed by atoms with Crippen LogP contribution in [0.25, 0.3) is 0 Å². The first-order valence-electron chi connectivity index (χ1n) is 7.10. The number of anilines is 1. The zero-order valence-electron chi connectivity index (χ0n) is 13.3. The third kappa shape index (κ3) is 3.51. The van der Waals surface area contributed by atoms with Gasteiger partial charge in [0.05, 0.1) is 17.8 Å². The van der Waals surface area contributed by atoms with Gasteiger partial charge in [-0.1, -0.05) is 29.3 Å². The Morgan fingerprint density at radius 2 is 1.67 bits per heavy atom. The molecule has 0 amide bonds. The van der Waals surface area contributed by atoms with Crippen molar-refractivity contribution < 1.29 is 4.74 Å². The van der Waals surface area contributed by atoms with E-state index in [0.29, 0.717) is 5.02 Å². The maximum atomic E-state index is 6.27. The molecule has 2 aromatic carbocycles. The standard InChI is InChI=1S/C18H22ClNO/c1-11-8-12(2)18(13(3)9-11)14(4)20-17-10-15(21-5)6-7-16(17)19/h6-10,14,20H,1-5H3. The van der Waals surface area contributed by atoms with Crippen LogP contribution in [0.4, 0.5) is 5.69 Å². The quantitative estimate of drug-likeness (QED) is 0.811. The molecule has 2 aromatic rings. The monoisotopic (exact) mass is 303 g/mol. The average Bonchev–Trinajstić information content (AvgIpc) is 2.40. The minimum absolute atomic E-state index is 0.176. The summed E-state index contributed by atoms with van der Waals surface area (Å²) < 4.78 is 5.26. The summed E-state index contributed by atoms with van der Waals surface area (Å²) in [5.41, 5.74) is 6.10. The minimum Gasteiger partial charge on any atom is -0.497 e. The fourth-order valence-electron chi connectivity index (χ4n) is 2.92. The van der Waals surface area contributed by atoms with Crippen LogP contribution in [-0.4, -0.2) is 7.11 Å². The molecule has 1 N–H and O–H groups in total. The summed E-state index contributed by atoms with van der Waals surface area (Å²) in [6, 6.07) is 10.2. The van der Waals surface area contributed by atoms with E-state index < -0.39 is 0 Å². The molecular formula is C18H22ClNO. The molecule has 0 heterocycles. The highest BCUT2D eigenvalue weighted by Crippen LogP contribution is 2.32. The first kappa shape index (κ1) is 15.7. The molecule has 0 saturated heterocycles. The van der Waals surface area contributed by atoms with Crippen molar-refractivity contribution in [3.63, 3.8) is 0 Å². The second kappa shape index (κ2) is 6.40. The smallest absolute Gasteiger partial charge is 0.121 e. The predicted octanol–water partition coefficient (Wildman–Crippen LogP) is 5.45. The summed E-state index contributed by atoms with van der Waals surface area (Å²) in [7, 11) is 1.66. The molecule has 0 aliphatic heterocycles. The number of benzene rings is 2. The lowest BCUT2D eigenvalue weighted by atomic mass is 9.95. The predicted molar refractivity (Wildman–Crippen MR) is 90.7 cm³/mol. The Kier molecular flexibility index (Phi) is 4.79. The second-order valence-corrected chi connectivity index (χ2v) is 5.93. The van der Waals surface area contributed by atoms with Crippen molar-refractivity contribution in [3.8, 4) is 5.75 Å². The van der Waals surface area contributed by atoms with Gasteiger partial charge in [-0.2, -0.15) is 0 Å². The van der Waals surface area contributed by atoms with Gasteiger partial charge in [0.2, 0.25) is 0 Å². The Hall–Kier alpha value is -1.67. The molecule has 112 valence electrons. The molecule has 0 radical (unpaired) electrons. The molecule has 1 atom stereocenters. The first-order chi connectivity index (χ1) is 9.92. The van der Waals surface area contributed by atoms with Crippen LogP contribution in [-0.2, 0) is 0 Å². The van der Waals surface area contributed by atoms with Crippen molar-refractivity contribution in [2.45, 2.75) is 33.7 Å². The van der Waals surface area contributed by atoms with E-state index in [0.717, 1.165) is 11.4 Å². The van der Waals surface area contributed by atoms with Crippen molar-refractivity contribution in [2.24, 2.45) is 0 Å². The molecule has 0 bridgehead atoms. The van der Waals surface area contributed by atoms with E-state index in [1.807, 2.05) is 18.2 Å². The third-order valence-electron chi connectivity index (χ3n) is 3.72. The van der Waals surface area contributed by atoms with E-state index in [-0.39, 0.29) is 6.04 Å². The van der Waals surface area contributed by atoms with Crippen LogP contribution in [0.3, 0.4) is 0 Å². The molecule has 0 saturated carbocycles. The van der Waals surface area contributed by atoms with Crippen molar-refractivity contribution >= 4 is 17.3 Å². The summed E-state index contributed by atoms with van der Waals surface area (Å²) in [5, 5.41) is 4.19. The maximum Gasteiger partial charge on any atom is 0.121 e. The van der Waals surface area contributed by atoms with Gasteiger partial charge < -0.3 is 10.1 Å². The third-order valence-corrected chi connectivity index (χ3v) is 4.05. The number of nitrogens with one attached hydrogen (secondary N) is 1. The average molecular weight is 304 g/mol. The van der Waals surface area contributed by atoms with Gasteiger partial charge in [0.15, 0.2) is 0 Å². The molecule has 0 aromatic heterocycles. The zero-order valence-corrected chi connectivity index (χ0v) is 14.0. The molecule has 2 nitrogen and oxygen atoms in total. The lowest BCUT2D eigenvalue weighted by Gasteiger charge is -2.22. The van der Waals surface area contributed by atoms with Crippen LogP contribution in [0.1, 0.15) is 35.2 Å². The first-order valence-corrected chi connectivity index (χ1v) is 7.48. The molecular weight excluding hydrogens is 282 g/mol. The summed E-state index contributed by atoms with van der Waals surface area (Å²) in [6.45, 7) is 8.59. The zero-order chi connectivity index (χ0) is 15.6. The number of methoxy groups -OCH3 is 1. The van der Waals surface area contributed by atoms with Gasteiger partial charge in [-0.05, 0) is 56.5 Å². The van der Waals surface area contributed by atoms with Crippen molar-refractivity contribution in [3.05, 3.63) is 57.6 Å². The summed E-state index contributed by atoms with van der Waals surface area (Å²) in [5.74, 6) is 0.798. The van der Waals surface area contributed by atoms with Gasteiger partial charge in [-0.3, -0.25) is 0 Å². The largest absolute Gasteiger partial charge is 0.497 e. The molecule has 1 unspecified atom stereocenters. The number of halogens is 1. The highest BCUT2D eigenvalue weighted by atomic mass is 35.5. The minimum atomic E-state index is 0.176. The van der Waals surface area contributed by atoms with E-state index in [4.69, 9.17) is 16.3 Å². The number of rotatable bonds is 4. The van der Waals surface area contributed by atoms with Crippen LogP contribution in [0.2, 0.25) is 5.02 Å². The summed E-state index contributed by atoms with van der Waals surface area (Å²) in [6.07, 6.45) is 0. The molecule has 0 fully saturated rings. The Morgan fingerprint density at radius 1 is 1.05 bits per heavy atom. The fraction of sp³-hybridized carbons (Fsp3) is 0.333. The molecule has 0 spiro atoms. The van der Waals surface area contributed by atoms with Crippen LogP contribution in [0.5, 0.6) is 5.75 Å². The van der Waals surface area contributed by atoms with Crippen LogP contribution >= 0.6 is 11.6 Å². The van der Waals surface area contributed by atoms with Gasteiger partial charge in [-0.25, -0.2) is 0 Å². The van der Waals surface area contributed by atoms with E-state index in [1.165, 1.54) is 22.3 Å². The topological polar surface area (TPSA) is 21.3 Å². The molecule has 2 rings (SSSR count). The van der Waals surface area contributed by atoms with Crippen molar-refractivity contribution in [2.75, 3.05) is 12.4 Å². The SMILES string of the molecule is COc1ccc(Cl)c(NC(C)c2c(C)cc(C)cc2C)c1. The van der Waals surface area contributed by atoms with Crippen molar-refractivity contribution in [1.29, 1.82) is 0 Å². The van der Waals surface area contributed by atoms with E-state index in [2.05, 4.69) is 45.1 Å². The van der Waals surface area contributed by atoms with Crippen LogP contribution in [0.15, 0.2) is 30.3 Å². The number of hydrogen-bond donors (Lipinski definition) is 1. The van der Waals surface area contributed by atoms with Gasteiger partial charge in [0.25, 0.3) is 0 Å². The number of hydrogen-bond acceptors (Lipinski definition) is 2. The van der Waals surface area contributed by atoms with E-state index in [1.54, 1.807) is 7.11 Å². The van der Waals surface area contributed by atoms with Gasteiger partial charge in [0.1, 0.15) is 5.75 Å². The number of ether oxygens (including phenoxy) is 1. The van der Waals surface area contributed by atoms with Crippen molar-refractivity contribution in [1.82, 2.24) is 0 Å². The van der Waals surface area contributed by atoms with Gasteiger partial charge in [0, 0.05) is 12.1 Å². The second-order valence-electron chi connectivity index (χ2n) is 5.52. The fourth-order valence-corrected chi connectivity index (χ4v) is 3.09. The van der Waals surface area contributed by atoms with Crippen LogP contribution in [0, 0.1) is 20.8 Å². The Labute approximate surface area is 132 Å². The Bertz CT molecular complexity index is 629. The molecule has 0 aliphatic carbocycles. The molecule has 21 heavy (non-hydrogen) atoms. The number of aryl methyl sites for hydroxylation is 3.